The largest absolute Gasteiger partial charge is 0.329 e. The van der Waals surface area contributed by atoms with Crippen LogP contribution in [-0.2, 0) is 0 Å². The molecule has 1 saturated carbocycles. The van der Waals surface area contributed by atoms with E-state index in [0.29, 0.717) is 0 Å². The second-order valence-corrected chi connectivity index (χ2v) is 4.51. The first-order chi connectivity index (χ1) is 5.24. The number of hydrogen-bond donors (Lipinski definition) is 1. The molecule has 0 aromatic carbocycles. The molecule has 2 heteroatoms. The zero-order chi connectivity index (χ0) is 7.90. The molecule has 1 aliphatic carbocycles. The van der Waals surface area contributed by atoms with Gasteiger partial charge in [-0.2, -0.15) is 0 Å². The Kier molecular flexibility index (Phi) is 1.69. The van der Waals surface area contributed by atoms with E-state index in [4.69, 9.17) is 5.73 Å². The Hall–Kier alpha value is -0.0800. The summed E-state index contributed by atoms with van der Waals surface area (Å²) in [6, 6.07) is 0. The van der Waals surface area contributed by atoms with Gasteiger partial charge in [0, 0.05) is 26.2 Å². The number of nitrogens with zero attached hydrogens (tertiary/aromatic N) is 1. The Bertz CT molecular complexity index is 142. The third-order valence-corrected chi connectivity index (χ3v) is 3.13. The maximum absolute atomic E-state index is 5.47. The van der Waals surface area contributed by atoms with Crippen LogP contribution < -0.4 is 5.73 Å². The highest BCUT2D eigenvalue weighted by Gasteiger charge is 2.49. The second kappa shape index (κ2) is 2.46. The van der Waals surface area contributed by atoms with Gasteiger partial charge in [0.15, 0.2) is 0 Å². The maximum Gasteiger partial charge on any atom is 0.0105 e. The highest BCUT2D eigenvalue weighted by molar-refractivity contribution is 5.02. The predicted molar refractivity (Wildman–Crippen MR) is 46.3 cm³/mol. The summed E-state index contributed by atoms with van der Waals surface area (Å²) in [7, 11) is 0. The van der Waals surface area contributed by atoms with Crippen molar-refractivity contribution in [3.63, 3.8) is 0 Å². The van der Waals surface area contributed by atoms with Gasteiger partial charge < -0.3 is 10.6 Å². The van der Waals surface area contributed by atoms with Crippen LogP contribution in [0.1, 0.15) is 19.8 Å². The molecule has 1 saturated heterocycles. The minimum atomic E-state index is 0.759. The van der Waals surface area contributed by atoms with E-state index in [2.05, 4.69) is 11.8 Å². The summed E-state index contributed by atoms with van der Waals surface area (Å²) in [5, 5.41) is 0. The van der Waals surface area contributed by atoms with E-state index in [9.17, 15) is 0 Å². The Balaban J connectivity index is 1.72. The quantitative estimate of drug-likeness (QED) is 0.633. The van der Waals surface area contributed by atoms with Gasteiger partial charge in [-0.05, 0) is 24.2 Å². The van der Waals surface area contributed by atoms with Gasteiger partial charge in [-0.15, -0.1) is 0 Å². The second-order valence-electron chi connectivity index (χ2n) is 4.51. The summed E-state index contributed by atoms with van der Waals surface area (Å²) >= 11 is 0. The maximum atomic E-state index is 5.47. The molecule has 2 nitrogen and oxygen atoms in total. The third-order valence-electron chi connectivity index (χ3n) is 3.13. The molecule has 0 aromatic rings. The lowest BCUT2D eigenvalue weighted by molar-refractivity contribution is -0.0872. The molecule has 11 heavy (non-hydrogen) atoms. The normalized spacial score (nSPS) is 30.0. The van der Waals surface area contributed by atoms with Crippen LogP contribution in [0.5, 0.6) is 0 Å². The van der Waals surface area contributed by atoms with Crippen molar-refractivity contribution in [1.82, 2.24) is 4.90 Å². The van der Waals surface area contributed by atoms with Crippen LogP contribution in [0.3, 0.4) is 0 Å². The standard InChI is InChI=1S/C9H18N2/c1-8-4-9(5-8)6-11(7-9)3-2-10/h8H,2-7,10H2,1H3. The van der Waals surface area contributed by atoms with Gasteiger partial charge in [0.05, 0.1) is 0 Å². The average molecular weight is 154 g/mol. The SMILES string of the molecule is CC1CC2(C1)CN(CCN)C2. The van der Waals surface area contributed by atoms with Crippen LogP contribution in [0.25, 0.3) is 0 Å². The molecule has 1 heterocycles. The van der Waals surface area contributed by atoms with Crippen molar-refractivity contribution in [3.05, 3.63) is 0 Å². The summed E-state index contributed by atoms with van der Waals surface area (Å²) < 4.78 is 0. The highest BCUT2D eigenvalue weighted by Crippen LogP contribution is 2.51. The van der Waals surface area contributed by atoms with Crippen LogP contribution in [0.2, 0.25) is 0 Å². The number of likely N-dealkylation sites (tertiary alicyclic amines) is 1. The molecule has 2 N–H and O–H groups in total. The van der Waals surface area contributed by atoms with Gasteiger partial charge >= 0.3 is 0 Å². The Labute approximate surface area is 68.7 Å². The number of rotatable bonds is 2. The monoisotopic (exact) mass is 154 g/mol. The van der Waals surface area contributed by atoms with Crippen molar-refractivity contribution in [3.8, 4) is 0 Å². The topological polar surface area (TPSA) is 29.3 Å². The molecule has 2 aliphatic rings. The van der Waals surface area contributed by atoms with Crippen LogP contribution in [0.4, 0.5) is 0 Å². The first-order valence-electron chi connectivity index (χ1n) is 4.66. The molecule has 2 fully saturated rings. The van der Waals surface area contributed by atoms with E-state index in [-0.39, 0.29) is 0 Å². The molecule has 1 spiro atoms. The van der Waals surface area contributed by atoms with Gasteiger partial charge in [0.2, 0.25) is 0 Å². The van der Waals surface area contributed by atoms with Crippen molar-refractivity contribution >= 4 is 0 Å². The summed E-state index contributed by atoms with van der Waals surface area (Å²) in [6.45, 7) is 6.95. The molecule has 0 atom stereocenters. The molecule has 0 unspecified atom stereocenters. The van der Waals surface area contributed by atoms with E-state index >= 15 is 0 Å². The Morgan fingerprint density at radius 2 is 2.09 bits per heavy atom. The Morgan fingerprint density at radius 3 is 2.55 bits per heavy atom. The van der Waals surface area contributed by atoms with E-state index < -0.39 is 0 Å². The average Bonchev–Trinajstić information content (AvgIpc) is 1.80. The zero-order valence-electron chi connectivity index (χ0n) is 7.34. The molecule has 1 aliphatic heterocycles. The van der Waals surface area contributed by atoms with Gasteiger partial charge in [-0.1, -0.05) is 6.92 Å². The summed E-state index contributed by atoms with van der Waals surface area (Å²) in [4.78, 5) is 2.48. The van der Waals surface area contributed by atoms with Crippen molar-refractivity contribution in [1.29, 1.82) is 0 Å². The molecule has 0 aromatic heterocycles. The third kappa shape index (κ3) is 1.18. The fraction of sp³-hybridized carbons (Fsp3) is 1.00. The molecule has 64 valence electrons. The minimum absolute atomic E-state index is 0.759. The lowest BCUT2D eigenvalue weighted by Crippen LogP contribution is -2.62. The summed E-state index contributed by atoms with van der Waals surface area (Å²) in [5.74, 6) is 0.995. The lowest BCUT2D eigenvalue weighted by atomic mass is 9.58. The highest BCUT2D eigenvalue weighted by atomic mass is 15.2. The Morgan fingerprint density at radius 1 is 1.45 bits per heavy atom. The van der Waals surface area contributed by atoms with Crippen molar-refractivity contribution < 1.29 is 0 Å². The van der Waals surface area contributed by atoms with Crippen molar-refractivity contribution in [2.24, 2.45) is 17.1 Å². The first-order valence-corrected chi connectivity index (χ1v) is 4.66. The molecule has 0 radical (unpaired) electrons. The van der Waals surface area contributed by atoms with Crippen LogP contribution in [-0.4, -0.2) is 31.1 Å². The summed E-state index contributed by atoms with van der Waals surface area (Å²) in [5.41, 5.74) is 6.23. The van der Waals surface area contributed by atoms with Crippen LogP contribution >= 0.6 is 0 Å². The van der Waals surface area contributed by atoms with Gasteiger partial charge in [-0.3, -0.25) is 0 Å². The van der Waals surface area contributed by atoms with Crippen molar-refractivity contribution in [2.75, 3.05) is 26.2 Å². The summed E-state index contributed by atoms with van der Waals surface area (Å²) in [6.07, 6.45) is 2.93. The predicted octanol–water partition coefficient (Wildman–Crippen LogP) is 0.677. The molecular formula is C9H18N2. The molecular weight excluding hydrogens is 136 g/mol. The van der Waals surface area contributed by atoms with Gasteiger partial charge in [0.25, 0.3) is 0 Å². The minimum Gasteiger partial charge on any atom is -0.329 e. The molecule has 0 amide bonds. The van der Waals surface area contributed by atoms with Crippen LogP contribution in [0, 0.1) is 11.3 Å². The van der Waals surface area contributed by atoms with Crippen LogP contribution in [0.15, 0.2) is 0 Å². The number of nitrogens with two attached hydrogens (primary N) is 1. The fourth-order valence-electron chi connectivity index (χ4n) is 2.92. The van der Waals surface area contributed by atoms with Crippen molar-refractivity contribution in [2.45, 2.75) is 19.8 Å². The zero-order valence-corrected chi connectivity index (χ0v) is 7.34. The fourth-order valence-corrected chi connectivity index (χ4v) is 2.92. The van der Waals surface area contributed by atoms with E-state index in [1.807, 2.05) is 0 Å². The molecule has 2 rings (SSSR count). The van der Waals surface area contributed by atoms with E-state index in [1.165, 1.54) is 25.9 Å². The van der Waals surface area contributed by atoms with Gasteiger partial charge in [0.1, 0.15) is 0 Å². The smallest absolute Gasteiger partial charge is 0.0105 e. The van der Waals surface area contributed by atoms with Gasteiger partial charge in [-0.25, -0.2) is 0 Å². The molecule has 0 bridgehead atoms. The number of hydrogen-bond acceptors (Lipinski definition) is 2. The van der Waals surface area contributed by atoms with E-state index in [1.54, 1.807) is 0 Å². The van der Waals surface area contributed by atoms with E-state index in [0.717, 1.165) is 24.4 Å². The lowest BCUT2D eigenvalue weighted by Gasteiger charge is -2.58. The first kappa shape index (κ1) is 7.56.